The van der Waals surface area contributed by atoms with Crippen molar-refractivity contribution in [3.63, 3.8) is 0 Å². The van der Waals surface area contributed by atoms with Gasteiger partial charge in [0.05, 0.1) is 18.6 Å². The average molecular weight is 318 g/mol. The summed E-state index contributed by atoms with van der Waals surface area (Å²) in [7, 11) is 1.65. The number of aliphatic carboxylic acids is 1. The molecular formula is C17H22N2O4. The van der Waals surface area contributed by atoms with Crippen LogP contribution in [0.15, 0.2) is 18.2 Å². The van der Waals surface area contributed by atoms with E-state index in [4.69, 9.17) is 4.74 Å². The second-order valence-corrected chi connectivity index (χ2v) is 6.61. The molecule has 3 rings (SSSR count). The molecule has 1 aliphatic carbocycles. The van der Waals surface area contributed by atoms with E-state index in [0.717, 1.165) is 29.7 Å². The van der Waals surface area contributed by atoms with Gasteiger partial charge in [0.1, 0.15) is 5.75 Å². The van der Waals surface area contributed by atoms with Crippen LogP contribution in [0.2, 0.25) is 0 Å². The summed E-state index contributed by atoms with van der Waals surface area (Å²) in [5.41, 5.74) is 1.41. The molecule has 2 amide bonds. The molecule has 6 nitrogen and oxygen atoms in total. The lowest BCUT2D eigenvalue weighted by molar-refractivity contribution is -0.147. The summed E-state index contributed by atoms with van der Waals surface area (Å²) in [4.78, 5) is 25.4. The van der Waals surface area contributed by atoms with Crippen LogP contribution in [-0.4, -0.2) is 42.2 Å². The smallest absolute Gasteiger partial charge is 0.317 e. The molecule has 1 aliphatic heterocycles. The third-order valence-electron chi connectivity index (χ3n) is 5.02. The van der Waals surface area contributed by atoms with E-state index in [0.29, 0.717) is 13.0 Å². The summed E-state index contributed by atoms with van der Waals surface area (Å²) >= 11 is 0. The summed E-state index contributed by atoms with van der Waals surface area (Å²) in [6.45, 7) is 2.43. The number of hydrogen-bond acceptors (Lipinski definition) is 3. The number of hydrogen-bond donors (Lipinski definition) is 2. The van der Waals surface area contributed by atoms with E-state index in [-0.39, 0.29) is 18.6 Å². The molecule has 2 unspecified atom stereocenters. The Bertz CT molecular complexity index is 645. The zero-order valence-corrected chi connectivity index (χ0v) is 13.5. The minimum atomic E-state index is -0.844. The first kappa shape index (κ1) is 15.6. The van der Waals surface area contributed by atoms with E-state index in [9.17, 15) is 14.7 Å². The van der Waals surface area contributed by atoms with Crippen molar-refractivity contribution in [1.29, 1.82) is 0 Å². The first-order valence-corrected chi connectivity index (χ1v) is 7.89. The van der Waals surface area contributed by atoms with Crippen LogP contribution in [-0.2, 0) is 11.2 Å². The van der Waals surface area contributed by atoms with Crippen LogP contribution in [0.4, 0.5) is 4.79 Å². The second-order valence-electron chi connectivity index (χ2n) is 6.61. The number of rotatable bonds is 3. The highest BCUT2D eigenvalue weighted by molar-refractivity contribution is 5.79. The maximum Gasteiger partial charge on any atom is 0.317 e. The van der Waals surface area contributed by atoms with E-state index < -0.39 is 11.4 Å². The molecule has 2 N–H and O–H groups in total. The molecule has 0 saturated carbocycles. The van der Waals surface area contributed by atoms with Gasteiger partial charge in [0.2, 0.25) is 0 Å². The van der Waals surface area contributed by atoms with Gasteiger partial charge in [0, 0.05) is 13.1 Å². The highest BCUT2D eigenvalue weighted by atomic mass is 16.5. The van der Waals surface area contributed by atoms with Crippen LogP contribution in [0.1, 0.15) is 36.9 Å². The Kier molecular flexibility index (Phi) is 3.92. The number of fused-ring (bicyclic) bond motifs is 1. The van der Waals surface area contributed by atoms with Crippen LogP contribution in [0.3, 0.4) is 0 Å². The fourth-order valence-electron chi connectivity index (χ4n) is 3.51. The molecule has 1 saturated heterocycles. The molecule has 1 aromatic rings. The number of nitrogens with zero attached hydrogens (tertiary/aromatic N) is 1. The Balaban J connectivity index is 1.69. The van der Waals surface area contributed by atoms with Crippen LogP contribution in [0, 0.1) is 5.41 Å². The van der Waals surface area contributed by atoms with Gasteiger partial charge in [-0.15, -0.1) is 0 Å². The number of carbonyl (C=O) groups excluding carboxylic acids is 1. The Morgan fingerprint density at radius 2 is 2.22 bits per heavy atom. The van der Waals surface area contributed by atoms with Crippen LogP contribution < -0.4 is 10.1 Å². The zero-order chi connectivity index (χ0) is 16.6. The first-order chi connectivity index (χ1) is 10.9. The van der Waals surface area contributed by atoms with Crippen molar-refractivity contribution in [3.05, 3.63) is 29.3 Å². The SMILES string of the molecule is COc1cccc2c1CCC2NC(=O)N1CCC(C)(C(=O)O)C1. The summed E-state index contributed by atoms with van der Waals surface area (Å²) in [5, 5.41) is 12.3. The van der Waals surface area contributed by atoms with Gasteiger partial charge in [-0.05, 0) is 43.4 Å². The second kappa shape index (κ2) is 5.76. The van der Waals surface area contributed by atoms with Crippen molar-refractivity contribution in [3.8, 4) is 5.75 Å². The number of urea groups is 1. The van der Waals surface area contributed by atoms with E-state index in [2.05, 4.69) is 5.32 Å². The maximum atomic E-state index is 12.5. The monoisotopic (exact) mass is 318 g/mol. The summed E-state index contributed by atoms with van der Waals surface area (Å²) < 4.78 is 5.38. The topological polar surface area (TPSA) is 78.9 Å². The van der Waals surface area contributed by atoms with Crippen molar-refractivity contribution < 1.29 is 19.4 Å². The van der Waals surface area contributed by atoms with Gasteiger partial charge in [0.15, 0.2) is 0 Å². The van der Waals surface area contributed by atoms with Gasteiger partial charge < -0.3 is 20.1 Å². The number of amides is 2. The predicted molar refractivity (Wildman–Crippen MR) is 84.5 cm³/mol. The fourth-order valence-corrected chi connectivity index (χ4v) is 3.51. The number of nitrogens with one attached hydrogen (secondary N) is 1. The third-order valence-corrected chi connectivity index (χ3v) is 5.02. The number of methoxy groups -OCH3 is 1. The van der Waals surface area contributed by atoms with E-state index in [1.807, 2.05) is 18.2 Å². The lowest BCUT2D eigenvalue weighted by Crippen LogP contribution is -2.42. The van der Waals surface area contributed by atoms with Gasteiger partial charge in [-0.1, -0.05) is 12.1 Å². The van der Waals surface area contributed by atoms with Crippen molar-refractivity contribution in [2.45, 2.75) is 32.2 Å². The van der Waals surface area contributed by atoms with Crippen molar-refractivity contribution in [2.24, 2.45) is 5.41 Å². The number of ether oxygens (including phenoxy) is 1. The molecule has 0 bridgehead atoms. The Morgan fingerprint density at radius 3 is 2.87 bits per heavy atom. The number of carboxylic acids is 1. The van der Waals surface area contributed by atoms with Gasteiger partial charge in [-0.3, -0.25) is 4.79 Å². The van der Waals surface area contributed by atoms with Gasteiger partial charge in [0.25, 0.3) is 0 Å². The molecule has 2 atom stereocenters. The fraction of sp³-hybridized carbons (Fsp3) is 0.529. The molecule has 2 aliphatic rings. The molecule has 1 fully saturated rings. The van der Waals surface area contributed by atoms with E-state index >= 15 is 0 Å². The Morgan fingerprint density at radius 1 is 1.43 bits per heavy atom. The minimum absolute atomic E-state index is 0.0377. The summed E-state index contributed by atoms with van der Waals surface area (Å²) in [6, 6.07) is 5.66. The van der Waals surface area contributed by atoms with Crippen molar-refractivity contribution in [2.75, 3.05) is 20.2 Å². The minimum Gasteiger partial charge on any atom is -0.496 e. The molecular weight excluding hydrogens is 296 g/mol. The van der Waals surface area contributed by atoms with Crippen molar-refractivity contribution in [1.82, 2.24) is 10.2 Å². The number of carboxylic acid groups (broad SMARTS) is 1. The number of carbonyl (C=O) groups is 2. The average Bonchev–Trinajstić information content (AvgIpc) is 3.12. The largest absolute Gasteiger partial charge is 0.496 e. The lowest BCUT2D eigenvalue weighted by Gasteiger charge is -2.23. The molecule has 0 spiro atoms. The maximum absolute atomic E-state index is 12.5. The summed E-state index contributed by atoms with van der Waals surface area (Å²) in [6.07, 6.45) is 2.20. The summed E-state index contributed by atoms with van der Waals surface area (Å²) in [5.74, 6) is 0.0163. The van der Waals surface area contributed by atoms with E-state index in [1.165, 1.54) is 0 Å². The Hall–Kier alpha value is -2.24. The van der Waals surface area contributed by atoms with E-state index in [1.54, 1.807) is 18.9 Å². The molecule has 0 aromatic heterocycles. The number of benzene rings is 1. The molecule has 1 aromatic carbocycles. The normalized spacial score (nSPS) is 26.0. The van der Waals surface area contributed by atoms with Crippen LogP contribution in [0.5, 0.6) is 5.75 Å². The highest BCUT2D eigenvalue weighted by Crippen LogP contribution is 2.37. The standard InChI is InChI=1S/C17H22N2O4/c1-17(15(20)21)8-9-19(10-17)16(22)18-13-7-6-12-11(13)4-3-5-14(12)23-2/h3-5,13H,6-10H2,1-2H3,(H,18,22)(H,20,21). The predicted octanol–water partition coefficient (Wildman–Crippen LogP) is 2.19. The number of likely N-dealkylation sites (tertiary alicyclic amines) is 1. The molecule has 124 valence electrons. The van der Waals surface area contributed by atoms with Crippen LogP contribution in [0.25, 0.3) is 0 Å². The molecule has 6 heteroatoms. The zero-order valence-electron chi connectivity index (χ0n) is 13.5. The molecule has 1 heterocycles. The van der Waals surface area contributed by atoms with Gasteiger partial charge in [-0.2, -0.15) is 0 Å². The highest BCUT2D eigenvalue weighted by Gasteiger charge is 2.42. The lowest BCUT2D eigenvalue weighted by atomic mass is 9.90. The van der Waals surface area contributed by atoms with Gasteiger partial charge >= 0.3 is 12.0 Å². The van der Waals surface area contributed by atoms with Gasteiger partial charge in [-0.25, -0.2) is 4.79 Å². The Labute approximate surface area is 135 Å². The quantitative estimate of drug-likeness (QED) is 0.895. The third kappa shape index (κ3) is 2.73. The molecule has 23 heavy (non-hydrogen) atoms. The van der Waals surface area contributed by atoms with Crippen molar-refractivity contribution >= 4 is 12.0 Å². The molecule has 0 radical (unpaired) electrons. The van der Waals surface area contributed by atoms with Crippen LogP contribution >= 0.6 is 0 Å². The first-order valence-electron chi connectivity index (χ1n) is 7.89.